The van der Waals surface area contributed by atoms with Gasteiger partial charge in [-0.05, 0) is 61.1 Å². The van der Waals surface area contributed by atoms with E-state index in [0.717, 1.165) is 5.56 Å². The van der Waals surface area contributed by atoms with E-state index in [1.807, 2.05) is 13.0 Å². The van der Waals surface area contributed by atoms with Crippen LogP contribution < -0.4 is 15.4 Å². The largest absolute Gasteiger partial charge is 0.484 e. The highest BCUT2D eigenvalue weighted by Gasteiger charge is 2.33. The Labute approximate surface area is 208 Å². The van der Waals surface area contributed by atoms with Crippen molar-refractivity contribution in [1.29, 1.82) is 0 Å². The molecule has 2 aromatic carbocycles. The quantitative estimate of drug-likeness (QED) is 0.304. The first-order chi connectivity index (χ1) is 16.3. The number of anilines is 1. The summed E-state index contributed by atoms with van der Waals surface area (Å²) in [6, 6.07) is 13.4. The molecule has 0 saturated heterocycles. The number of ether oxygens (including phenoxy) is 3. The summed E-state index contributed by atoms with van der Waals surface area (Å²) < 4.78 is 15.8. The molecule has 0 spiro atoms. The van der Waals surface area contributed by atoms with Gasteiger partial charge in [0.1, 0.15) is 12.4 Å². The lowest BCUT2D eigenvalue weighted by Crippen LogP contribution is -2.46. The molecule has 1 amide bonds. The van der Waals surface area contributed by atoms with E-state index in [-0.39, 0.29) is 19.1 Å². The number of benzene rings is 2. The normalized spacial score (nSPS) is 15.6. The summed E-state index contributed by atoms with van der Waals surface area (Å²) in [6.45, 7) is 2.08. The molecular formula is C24H26ClN3O5S. The average molecular weight is 504 g/mol. The third kappa shape index (κ3) is 6.47. The predicted molar refractivity (Wildman–Crippen MR) is 134 cm³/mol. The molecule has 1 heterocycles. The minimum Gasteiger partial charge on any atom is -0.484 e. The second-order valence-corrected chi connectivity index (χ2v) is 8.31. The number of esters is 1. The van der Waals surface area contributed by atoms with Crippen LogP contribution in [0.5, 0.6) is 5.75 Å². The van der Waals surface area contributed by atoms with Crippen molar-refractivity contribution >= 4 is 46.5 Å². The van der Waals surface area contributed by atoms with Crippen molar-refractivity contribution < 1.29 is 23.8 Å². The molecule has 0 bridgehead atoms. The Bertz CT molecular complexity index is 1090. The van der Waals surface area contributed by atoms with Gasteiger partial charge >= 0.3 is 5.97 Å². The van der Waals surface area contributed by atoms with Gasteiger partial charge in [-0.25, -0.2) is 4.79 Å². The maximum Gasteiger partial charge on any atom is 0.338 e. The van der Waals surface area contributed by atoms with Crippen molar-refractivity contribution in [2.45, 2.75) is 13.0 Å². The Morgan fingerprint density at radius 3 is 2.62 bits per heavy atom. The first kappa shape index (κ1) is 25.5. The van der Waals surface area contributed by atoms with Crippen LogP contribution in [0.15, 0.2) is 59.8 Å². The van der Waals surface area contributed by atoms with Gasteiger partial charge in [-0.15, -0.1) is 0 Å². The first-order valence-electron chi connectivity index (χ1n) is 10.5. The fourth-order valence-corrected chi connectivity index (χ4v) is 3.70. The lowest BCUT2D eigenvalue weighted by Gasteiger charge is -2.35. The Balaban J connectivity index is 1.75. The van der Waals surface area contributed by atoms with Gasteiger partial charge in [0.2, 0.25) is 0 Å². The highest BCUT2D eigenvalue weighted by molar-refractivity contribution is 7.80. The average Bonchev–Trinajstić information content (AvgIpc) is 2.82. The van der Waals surface area contributed by atoms with Crippen LogP contribution in [-0.2, 0) is 19.1 Å². The second-order valence-electron chi connectivity index (χ2n) is 7.49. The van der Waals surface area contributed by atoms with Gasteiger partial charge in [-0.2, -0.15) is 0 Å². The number of allylic oxidation sites excluding steroid dienone is 1. The van der Waals surface area contributed by atoms with Crippen molar-refractivity contribution in [3.8, 4) is 5.75 Å². The van der Waals surface area contributed by atoms with Crippen LogP contribution in [0.1, 0.15) is 18.5 Å². The summed E-state index contributed by atoms with van der Waals surface area (Å²) >= 11 is 11.3. The molecule has 3 rings (SSSR count). The van der Waals surface area contributed by atoms with Crippen molar-refractivity contribution in [2.75, 3.05) is 39.3 Å². The monoisotopic (exact) mass is 503 g/mol. The molecule has 8 nitrogen and oxygen atoms in total. The summed E-state index contributed by atoms with van der Waals surface area (Å²) in [5.41, 5.74) is 2.41. The molecule has 1 aliphatic rings. The van der Waals surface area contributed by atoms with E-state index in [4.69, 9.17) is 38.0 Å². The number of nitrogens with one attached hydrogen (secondary N) is 2. The molecule has 0 aromatic heterocycles. The minimum absolute atomic E-state index is 0.136. The molecule has 34 heavy (non-hydrogen) atoms. The Kier molecular flexibility index (Phi) is 8.86. The van der Waals surface area contributed by atoms with Crippen LogP contribution in [0, 0.1) is 0 Å². The van der Waals surface area contributed by atoms with Crippen LogP contribution >= 0.6 is 23.8 Å². The van der Waals surface area contributed by atoms with Crippen molar-refractivity contribution in [3.05, 3.63) is 70.4 Å². The van der Waals surface area contributed by atoms with Crippen LogP contribution in [-0.4, -0.2) is 55.9 Å². The zero-order valence-corrected chi connectivity index (χ0v) is 20.7. The number of thiocarbonyl (C=S) groups is 1. The Morgan fingerprint density at radius 2 is 1.91 bits per heavy atom. The summed E-state index contributed by atoms with van der Waals surface area (Å²) in [6.07, 6.45) is 0. The van der Waals surface area contributed by atoms with Crippen LogP contribution in [0.4, 0.5) is 5.69 Å². The molecule has 0 saturated carbocycles. The smallest absolute Gasteiger partial charge is 0.338 e. The summed E-state index contributed by atoms with van der Waals surface area (Å²) in [7, 11) is 3.32. The molecular weight excluding hydrogens is 478 g/mol. The molecule has 1 unspecified atom stereocenters. The third-order valence-corrected chi connectivity index (χ3v) is 5.83. The lowest BCUT2D eigenvalue weighted by atomic mass is 9.95. The summed E-state index contributed by atoms with van der Waals surface area (Å²) in [5.74, 6) is -0.258. The van der Waals surface area contributed by atoms with Crippen LogP contribution in [0.3, 0.4) is 0 Å². The molecule has 0 fully saturated rings. The lowest BCUT2D eigenvalue weighted by molar-refractivity contribution is -0.140. The molecule has 180 valence electrons. The van der Waals surface area contributed by atoms with Crippen LogP contribution in [0.2, 0.25) is 5.02 Å². The molecule has 0 aliphatic carbocycles. The zero-order chi connectivity index (χ0) is 24.7. The van der Waals surface area contributed by atoms with E-state index >= 15 is 0 Å². The molecule has 1 atom stereocenters. The van der Waals surface area contributed by atoms with Gasteiger partial charge in [0.05, 0.1) is 18.2 Å². The van der Waals surface area contributed by atoms with Gasteiger partial charge < -0.3 is 29.7 Å². The molecule has 10 heteroatoms. The fraction of sp³-hybridized carbons (Fsp3) is 0.292. The molecule has 2 aromatic rings. The number of hydrogen-bond acceptors (Lipinski definition) is 6. The van der Waals surface area contributed by atoms with Crippen LogP contribution in [0.25, 0.3) is 0 Å². The fourth-order valence-electron chi connectivity index (χ4n) is 3.32. The Hall–Kier alpha value is -3.14. The number of methoxy groups -OCH3 is 1. The van der Waals surface area contributed by atoms with Gasteiger partial charge in [-0.1, -0.05) is 23.7 Å². The number of carbonyl (C=O) groups excluding carboxylic acids is 2. The van der Waals surface area contributed by atoms with E-state index in [1.165, 1.54) is 7.11 Å². The van der Waals surface area contributed by atoms with E-state index < -0.39 is 12.0 Å². The first-order valence-corrected chi connectivity index (χ1v) is 11.3. The number of hydrogen-bond donors (Lipinski definition) is 2. The van der Waals surface area contributed by atoms with Gasteiger partial charge in [-0.3, -0.25) is 4.79 Å². The van der Waals surface area contributed by atoms with Gasteiger partial charge in [0.15, 0.2) is 11.7 Å². The molecule has 1 aliphatic heterocycles. The predicted octanol–water partition coefficient (Wildman–Crippen LogP) is 3.68. The summed E-state index contributed by atoms with van der Waals surface area (Å²) in [4.78, 5) is 27.0. The number of nitrogens with zero attached hydrogens (tertiary/aromatic N) is 1. The zero-order valence-electron chi connectivity index (χ0n) is 19.1. The topological polar surface area (TPSA) is 89.1 Å². The van der Waals surface area contributed by atoms with E-state index in [1.54, 1.807) is 54.4 Å². The number of halogens is 1. The van der Waals surface area contributed by atoms with Crippen molar-refractivity contribution in [2.24, 2.45) is 0 Å². The number of amides is 1. The van der Waals surface area contributed by atoms with Crippen molar-refractivity contribution in [1.82, 2.24) is 10.2 Å². The number of rotatable bonds is 9. The highest BCUT2D eigenvalue weighted by Crippen LogP contribution is 2.32. The maximum atomic E-state index is 12.9. The number of carbonyl (C=O) groups is 2. The molecule has 2 N–H and O–H groups in total. The van der Waals surface area contributed by atoms with Gasteiger partial charge in [0, 0.05) is 30.6 Å². The minimum atomic E-state index is -0.541. The Morgan fingerprint density at radius 1 is 1.18 bits per heavy atom. The highest BCUT2D eigenvalue weighted by atomic mass is 35.5. The third-order valence-electron chi connectivity index (χ3n) is 5.18. The van der Waals surface area contributed by atoms with Crippen molar-refractivity contribution in [3.63, 3.8) is 0 Å². The standard InChI is InChI=1S/C24H26ClN3O5S/c1-15-21(23(30)32-12-11-31-3)22(27-24(34)28(15)2)16-5-4-6-18(13-16)26-20(29)14-33-19-9-7-17(25)8-10-19/h4-10,13,22H,11-12,14H2,1-3H3,(H,26,29)(H,27,34). The second kappa shape index (κ2) is 11.8. The van der Waals surface area contributed by atoms with E-state index in [9.17, 15) is 9.59 Å². The SMILES string of the molecule is COCCOC(=O)C1=C(C)N(C)C(=S)NC1c1cccc(NC(=O)COc2ccc(Cl)cc2)c1. The molecule has 0 radical (unpaired) electrons. The maximum absolute atomic E-state index is 12.9. The summed E-state index contributed by atoms with van der Waals surface area (Å²) in [5, 5.41) is 7.05. The van der Waals surface area contributed by atoms with Gasteiger partial charge in [0.25, 0.3) is 5.91 Å². The van der Waals surface area contributed by atoms with E-state index in [2.05, 4.69) is 10.6 Å². The van der Waals surface area contributed by atoms with E-state index in [0.29, 0.717) is 39.4 Å².